The van der Waals surface area contributed by atoms with Crippen molar-refractivity contribution in [2.45, 2.75) is 103 Å². The molecule has 0 aliphatic rings. The highest BCUT2D eigenvalue weighted by Gasteiger charge is 2.09. The van der Waals surface area contributed by atoms with Gasteiger partial charge in [-0.25, -0.2) is 0 Å². The fraction of sp³-hybridized carbons (Fsp3) is 1.00. The summed E-state index contributed by atoms with van der Waals surface area (Å²) >= 11 is 0. The lowest BCUT2D eigenvalue weighted by Gasteiger charge is -2.28. The second-order valence-corrected chi connectivity index (χ2v) is 8.56. The molecule has 0 N–H and O–H groups in total. The lowest BCUT2D eigenvalue weighted by atomic mass is 10.0. The molecule has 0 rings (SSSR count). The Labute approximate surface area is 145 Å². The first kappa shape index (κ1) is 22.2. The van der Waals surface area contributed by atoms with Crippen LogP contribution in [-0.2, 0) is 0 Å². The summed E-state index contributed by atoms with van der Waals surface area (Å²) in [6.07, 6.45) is 23.4. The standard InChI is InChI=1S/C20H46NSi/c1-4-5-6-7-8-9-10-11-12-13-14-15-16-17-18-19-21(2,3)20-22/h4-20H2,1-3,22H3/q+1. The smallest absolute Gasteiger partial charge is 0.0779 e. The molecule has 0 heterocycles. The molecular weight excluding hydrogens is 282 g/mol. The summed E-state index contributed by atoms with van der Waals surface area (Å²) in [5.74, 6) is 0. The Morgan fingerprint density at radius 1 is 0.545 bits per heavy atom. The second-order valence-electron chi connectivity index (χ2n) is 7.93. The molecule has 134 valence electrons. The van der Waals surface area contributed by atoms with Crippen molar-refractivity contribution >= 4 is 10.2 Å². The molecule has 0 fully saturated rings. The number of nitrogens with zero attached hydrogens (tertiary/aromatic N) is 1. The van der Waals surface area contributed by atoms with Crippen molar-refractivity contribution < 1.29 is 4.48 Å². The zero-order valence-corrected chi connectivity index (χ0v) is 18.5. The van der Waals surface area contributed by atoms with Gasteiger partial charge in [0.1, 0.15) is 0 Å². The van der Waals surface area contributed by atoms with Crippen LogP contribution in [-0.4, -0.2) is 41.5 Å². The molecule has 0 saturated carbocycles. The number of quaternary nitrogens is 1. The van der Waals surface area contributed by atoms with Gasteiger partial charge in [0, 0.05) is 0 Å². The summed E-state index contributed by atoms with van der Waals surface area (Å²) in [5.41, 5.74) is 0. The molecule has 0 spiro atoms. The minimum atomic E-state index is 1.25. The third-order valence-corrected chi connectivity index (χ3v) is 6.94. The quantitative estimate of drug-likeness (QED) is 0.194. The fourth-order valence-electron chi connectivity index (χ4n) is 3.07. The minimum absolute atomic E-state index is 1.25. The number of hydrogen-bond acceptors (Lipinski definition) is 0. The third kappa shape index (κ3) is 16.5. The van der Waals surface area contributed by atoms with Crippen molar-refractivity contribution in [3.63, 3.8) is 0 Å². The minimum Gasteiger partial charge on any atom is -0.333 e. The summed E-state index contributed by atoms with van der Waals surface area (Å²) in [6, 6.07) is 0. The molecule has 0 aromatic carbocycles. The Morgan fingerprint density at radius 2 is 0.864 bits per heavy atom. The summed E-state index contributed by atoms with van der Waals surface area (Å²) in [5, 5.41) is 0. The van der Waals surface area contributed by atoms with Crippen LogP contribution < -0.4 is 0 Å². The van der Waals surface area contributed by atoms with Gasteiger partial charge in [-0.2, -0.15) is 0 Å². The summed E-state index contributed by atoms with van der Waals surface area (Å²) in [7, 11) is 6.11. The van der Waals surface area contributed by atoms with Gasteiger partial charge in [0.25, 0.3) is 0 Å². The van der Waals surface area contributed by atoms with E-state index in [0.29, 0.717) is 0 Å². The zero-order valence-electron chi connectivity index (χ0n) is 16.5. The SMILES string of the molecule is CCCCCCCCCCCCCCCCC[N+](C)(C)C[SiH3]. The van der Waals surface area contributed by atoms with Crippen LogP contribution in [0.2, 0.25) is 0 Å². The molecule has 1 nitrogen and oxygen atoms in total. The van der Waals surface area contributed by atoms with Crippen molar-refractivity contribution in [3.8, 4) is 0 Å². The third-order valence-electron chi connectivity index (χ3n) is 5.22. The van der Waals surface area contributed by atoms with Crippen molar-refractivity contribution in [1.82, 2.24) is 0 Å². The van der Waals surface area contributed by atoms with Crippen LogP contribution in [0.1, 0.15) is 103 Å². The van der Waals surface area contributed by atoms with Crippen LogP contribution in [0, 0.1) is 0 Å². The van der Waals surface area contributed by atoms with Crippen LogP contribution in [0.5, 0.6) is 0 Å². The summed E-state index contributed by atoms with van der Waals surface area (Å²) < 4.78 is 1.25. The van der Waals surface area contributed by atoms with E-state index in [2.05, 4.69) is 21.0 Å². The predicted octanol–water partition coefficient (Wildman–Crippen LogP) is 5.26. The molecule has 0 aromatic heterocycles. The average molecular weight is 329 g/mol. The summed E-state index contributed by atoms with van der Waals surface area (Å²) in [4.78, 5) is 0. The lowest BCUT2D eigenvalue weighted by molar-refractivity contribution is -0.879. The van der Waals surface area contributed by atoms with Crippen molar-refractivity contribution in [2.24, 2.45) is 0 Å². The van der Waals surface area contributed by atoms with Gasteiger partial charge in [0.15, 0.2) is 0 Å². The molecular formula is C20H46NSi+. The lowest BCUT2D eigenvalue weighted by Crippen LogP contribution is -2.41. The Hall–Kier alpha value is 0.177. The molecule has 22 heavy (non-hydrogen) atoms. The first-order chi connectivity index (χ1) is 10.6. The number of unbranched alkanes of at least 4 members (excludes halogenated alkanes) is 14. The van der Waals surface area contributed by atoms with E-state index < -0.39 is 0 Å². The zero-order chi connectivity index (χ0) is 16.5. The molecule has 0 aromatic rings. The first-order valence-corrected chi connectivity index (χ1v) is 11.9. The molecule has 2 heteroatoms. The topological polar surface area (TPSA) is 0 Å². The fourth-order valence-corrected chi connectivity index (χ4v) is 3.39. The number of hydrogen-bond donors (Lipinski definition) is 0. The van der Waals surface area contributed by atoms with Crippen LogP contribution in [0.25, 0.3) is 0 Å². The Morgan fingerprint density at radius 3 is 1.18 bits per heavy atom. The van der Waals surface area contributed by atoms with E-state index >= 15 is 0 Å². The van der Waals surface area contributed by atoms with Crippen LogP contribution >= 0.6 is 0 Å². The average Bonchev–Trinajstić information content (AvgIpc) is 2.51. The van der Waals surface area contributed by atoms with Crippen LogP contribution in [0.3, 0.4) is 0 Å². The first-order valence-electron chi connectivity index (χ1n) is 10.4. The van der Waals surface area contributed by atoms with Crippen molar-refractivity contribution in [1.29, 1.82) is 0 Å². The largest absolute Gasteiger partial charge is 0.333 e. The molecule has 0 radical (unpaired) electrons. The molecule has 0 bridgehead atoms. The molecule has 0 amide bonds. The Balaban J connectivity index is 3.06. The molecule has 0 aliphatic carbocycles. The van der Waals surface area contributed by atoms with Crippen molar-refractivity contribution in [2.75, 3.05) is 26.8 Å². The van der Waals surface area contributed by atoms with E-state index in [4.69, 9.17) is 0 Å². The monoisotopic (exact) mass is 328 g/mol. The maximum absolute atomic E-state index is 2.39. The highest BCUT2D eigenvalue weighted by Crippen LogP contribution is 2.13. The second kappa shape index (κ2) is 16.0. The number of rotatable bonds is 17. The van der Waals surface area contributed by atoms with E-state index in [-0.39, 0.29) is 0 Å². The molecule has 0 atom stereocenters. The van der Waals surface area contributed by atoms with E-state index in [9.17, 15) is 0 Å². The van der Waals surface area contributed by atoms with E-state index in [0.717, 1.165) is 0 Å². The Kier molecular flexibility index (Phi) is 16.2. The van der Waals surface area contributed by atoms with Gasteiger partial charge in [-0.05, 0) is 12.8 Å². The highest BCUT2D eigenvalue weighted by molar-refractivity contribution is 6.08. The molecule has 0 unspecified atom stereocenters. The van der Waals surface area contributed by atoms with Gasteiger partial charge < -0.3 is 4.48 Å². The predicted molar refractivity (Wildman–Crippen MR) is 107 cm³/mol. The van der Waals surface area contributed by atoms with Gasteiger partial charge in [0.05, 0.1) is 37.1 Å². The maximum atomic E-state index is 2.39. The van der Waals surface area contributed by atoms with Gasteiger partial charge in [-0.15, -0.1) is 0 Å². The van der Waals surface area contributed by atoms with Gasteiger partial charge >= 0.3 is 0 Å². The van der Waals surface area contributed by atoms with Gasteiger partial charge in [-0.3, -0.25) is 0 Å². The van der Waals surface area contributed by atoms with E-state index in [1.165, 1.54) is 124 Å². The van der Waals surface area contributed by atoms with Crippen LogP contribution in [0.4, 0.5) is 0 Å². The van der Waals surface area contributed by atoms with Gasteiger partial charge in [-0.1, -0.05) is 90.4 Å². The van der Waals surface area contributed by atoms with Gasteiger partial charge in [0.2, 0.25) is 0 Å². The maximum Gasteiger partial charge on any atom is 0.0779 e. The molecule has 0 saturated heterocycles. The van der Waals surface area contributed by atoms with Crippen LogP contribution in [0.15, 0.2) is 0 Å². The highest BCUT2D eigenvalue weighted by atomic mass is 28.1. The van der Waals surface area contributed by atoms with Crippen molar-refractivity contribution in [3.05, 3.63) is 0 Å². The summed E-state index contributed by atoms with van der Waals surface area (Å²) in [6.45, 7) is 3.69. The Bertz CT molecular complexity index is 216. The van der Waals surface area contributed by atoms with E-state index in [1.807, 2.05) is 0 Å². The normalized spacial score (nSPS) is 12.1. The molecule has 0 aliphatic heterocycles. The van der Waals surface area contributed by atoms with E-state index in [1.54, 1.807) is 0 Å².